The van der Waals surface area contributed by atoms with E-state index in [-0.39, 0.29) is 11.6 Å². The monoisotopic (exact) mass is 429 g/mol. The normalized spacial score (nSPS) is 16.4. The van der Waals surface area contributed by atoms with Crippen LogP contribution in [0.3, 0.4) is 0 Å². The molecule has 0 saturated heterocycles. The highest BCUT2D eigenvalue weighted by atomic mass is 19.1. The second-order valence-corrected chi connectivity index (χ2v) is 7.36. The van der Waals surface area contributed by atoms with Gasteiger partial charge in [0.1, 0.15) is 35.8 Å². The molecule has 9 heteroatoms. The van der Waals surface area contributed by atoms with Gasteiger partial charge in [-0.25, -0.2) is 24.3 Å². The third kappa shape index (κ3) is 3.27. The molecule has 2 atom stereocenters. The quantitative estimate of drug-likeness (QED) is 0.446. The van der Waals surface area contributed by atoms with E-state index in [1.165, 1.54) is 12.4 Å². The highest BCUT2D eigenvalue weighted by molar-refractivity contribution is 6.09. The zero-order valence-corrected chi connectivity index (χ0v) is 17.2. The number of fused-ring (bicyclic) bond motifs is 2. The zero-order chi connectivity index (χ0) is 22.1. The van der Waals surface area contributed by atoms with Gasteiger partial charge < -0.3 is 20.0 Å². The molecule has 0 saturated carbocycles. The van der Waals surface area contributed by atoms with Gasteiger partial charge in [-0.05, 0) is 30.7 Å². The van der Waals surface area contributed by atoms with Crippen LogP contribution in [0.2, 0.25) is 0 Å². The van der Waals surface area contributed by atoms with Gasteiger partial charge in [-0.2, -0.15) is 0 Å². The minimum atomic E-state index is -0.852. The minimum absolute atomic E-state index is 0.267. The lowest BCUT2D eigenvalue weighted by Crippen LogP contribution is -2.47. The third-order valence-corrected chi connectivity index (χ3v) is 5.50. The number of aliphatic imine (C=N–C) groups is 1. The average Bonchev–Trinajstić information content (AvgIpc) is 3.32. The van der Waals surface area contributed by atoms with Crippen LogP contribution >= 0.6 is 0 Å². The summed E-state index contributed by atoms with van der Waals surface area (Å²) in [6.07, 6.45) is 4.39. The van der Waals surface area contributed by atoms with E-state index >= 15 is 0 Å². The third-order valence-electron chi connectivity index (χ3n) is 5.50. The summed E-state index contributed by atoms with van der Waals surface area (Å²) in [6, 6.07) is 12.9. The molecule has 0 fully saturated rings. The number of para-hydroxylation sites is 1. The highest BCUT2D eigenvalue weighted by Gasteiger charge is 2.36. The standard InChI is InChI=1S/C23H20FN7O/c1-2-16(29-22-20-21(26-12-25-20)27-13-28-22)23-30-17-10-6-9-15(24)19(17)18(11-32)31(23)14-7-4-3-5-8-14/h3-13,16,18H,2H2,1H3,(H2,25,26,27,28,29)/t16?,18-/m1/s1. The lowest BCUT2D eigenvalue weighted by atomic mass is 9.98. The Hall–Kier alpha value is -4.14. The second kappa shape index (κ2) is 8.18. The lowest BCUT2D eigenvalue weighted by molar-refractivity contribution is -0.109. The van der Waals surface area contributed by atoms with Gasteiger partial charge in [0.2, 0.25) is 0 Å². The van der Waals surface area contributed by atoms with Gasteiger partial charge in [0.05, 0.1) is 18.1 Å². The largest absolute Gasteiger partial charge is 0.358 e. The van der Waals surface area contributed by atoms with Crippen LogP contribution in [0.5, 0.6) is 0 Å². The molecular formula is C23H20FN7O. The van der Waals surface area contributed by atoms with E-state index in [9.17, 15) is 9.18 Å². The van der Waals surface area contributed by atoms with Crippen LogP contribution in [-0.2, 0) is 4.79 Å². The van der Waals surface area contributed by atoms with E-state index in [1.54, 1.807) is 23.4 Å². The molecule has 2 N–H and O–H groups in total. The van der Waals surface area contributed by atoms with Crippen LogP contribution in [0.1, 0.15) is 24.9 Å². The number of benzene rings is 2. The van der Waals surface area contributed by atoms with Crippen molar-refractivity contribution < 1.29 is 9.18 Å². The molecule has 32 heavy (non-hydrogen) atoms. The lowest BCUT2D eigenvalue weighted by Gasteiger charge is -2.38. The molecule has 160 valence electrons. The zero-order valence-electron chi connectivity index (χ0n) is 17.2. The summed E-state index contributed by atoms with van der Waals surface area (Å²) in [7, 11) is 0. The molecule has 4 aromatic rings. The van der Waals surface area contributed by atoms with Crippen LogP contribution in [-0.4, -0.2) is 38.1 Å². The van der Waals surface area contributed by atoms with Gasteiger partial charge in [-0.15, -0.1) is 0 Å². The fourth-order valence-corrected chi connectivity index (χ4v) is 4.01. The first-order valence-corrected chi connectivity index (χ1v) is 10.3. The summed E-state index contributed by atoms with van der Waals surface area (Å²) in [5.41, 5.74) is 2.67. The molecule has 5 rings (SSSR count). The van der Waals surface area contributed by atoms with Gasteiger partial charge >= 0.3 is 0 Å². The summed E-state index contributed by atoms with van der Waals surface area (Å²) in [4.78, 5) is 34.6. The summed E-state index contributed by atoms with van der Waals surface area (Å²) in [6.45, 7) is 2.01. The summed E-state index contributed by atoms with van der Waals surface area (Å²) in [5.74, 6) is 0.710. The molecular weight excluding hydrogens is 409 g/mol. The molecule has 2 aromatic heterocycles. The molecule has 1 aliphatic heterocycles. The number of aromatic nitrogens is 4. The SMILES string of the molecule is CCC(Nc1ncnc2nc[nH]c12)C1=Nc2cccc(F)c2[C@@H](C=O)N1c1ccccc1. The van der Waals surface area contributed by atoms with Crippen molar-refractivity contribution in [2.24, 2.45) is 4.99 Å². The van der Waals surface area contributed by atoms with Crippen LogP contribution in [0.4, 0.5) is 21.6 Å². The molecule has 0 radical (unpaired) electrons. The molecule has 0 amide bonds. The Balaban J connectivity index is 1.65. The van der Waals surface area contributed by atoms with E-state index in [2.05, 4.69) is 25.3 Å². The van der Waals surface area contributed by atoms with E-state index in [4.69, 9.17) is 4.99 Å². The number of amidine groups is 1. The molecule has 1 aliphatic rings. The number of H-pyrrole nitrogens is 1. The smallest absolute Gasteiger partial charge is 0.182 e. The van der Waals surface area contributed by atoms with Gasteiger partial charge in [0.25, 0.3) is 0 Å². The number of aldehydes is 1. The first-order chi connectivity index (χ1) is 15.7. The van der Waals surface area contributed by atoms with Crippen LogP contribution in [0.25, 0.3) is 11.2 Å². The molecule has 1 unspecified atom stereocenters. The van der Waals surface area contributed by atoms with Crippen LogP contribution < -0.4 is 10.2 Å². The van der Waals surface area contributed by atoms with Gasteiger partial charge in [0, 0.05) is 11.3 Å². The highest BCUT2D eigenvalue weighted by Crippen LogP contribution is 2.39. The fraction of sp³-hybridized carbons (Fsp3) is 0.174. The van der Waals surface area contributed by atoms with Crippen molar-refractivity contribution in [2.75, 3.05) is 10.2 Å². The molecule has 2 aromatic carbocycles. The van der Waals surface area contributed by atoms with Gasteiger partial charge in [-0.3, -0.25) is 0 Å². The topological polar surface area (TPSA) is 99.2 Å². The van der Waals surface area contributed by atoms with Crippen molar-refractivity contribution in [3.05, 3.63) is 72.6 Å². The van der Waals surface area contributed by atoms with Crippen molar-refractivity contribution in [3.63, 3.8) is 0 Å². The van der Waals surface area contributed by atoms with E-state index in [0.717, 1.165) is 12.0 Å². The number of rotatable bonds is 6. The number of aromatic amines is 1. The predicted octanol–water partition coefficient (Wildman–Crippen LogP) is 4.17. The van der Waals surface area contributed by atoms with E-state index < -0.39 is 11.9 Å². The molecule has 8 nitrogen and oxygen atoms in total. The predicted molar refractivity (Wildman–Crippen MR) is 121 cm³/mol. The summed E-state index contributed by atoms with van der Waals surface area (Å²) >= 11 is 0. The fourth-order valence-electron chi connectivity index (χ4n) is 4.01. The minimum Gasteiger partial charge on any atom is -0.358 e. The Morgan fingerprint density at radius 2 is 2.00 bits per heavy atom. The second-order valence-electron chi connectivity index (χ2n) is 7.36. The maximum atomic E-state index is 14.8. The number of imidazole rings is 1. The van der Waals surface area contributed by atoms with Crippen molar-refractivity contribution in [1.29, 1.82) is 0 Å². The first kappa shape index (κ1) is 19.8. The first-order valence-electron chi connectivity index (χ1n) is 10.3. The Labute approximate surface area is 183 Å². The van der Waals surface area contributed by atoms with Crippen LogP contribution in [0.15, 0.2) is 66.2 Å². The van der Waals surface area contributed by atoms with Crippen molar-refractivity contribution >= 4 is 40.5 Å². The number of hydrogen-bond acceptors (Lipinski definition) is 7. The number of anilines is 2. The Morgan fingerprint density at radius 1 is 1.16 bits per heavy atom. The van der Waals surface area contributed by atoms with Crippen LogP contribution in [0, 0.1) is 5.82 Å². The number of carbonyl (C=O) groups is 1. The maximum absolute atomic E-state index is 14.8. The number of nitrogens with one attached hydrogen (secondary N) is 2. The Bertz CT molecular complexity index is 1300. The van der Waals surface area contributed by atoms with Crippen molar-refractivity contribution in [3.8, 4) is 0 Å². The van der Waals surface area contributed by atoms with Crippen molar-refractivity contribution in [2.45, 2.75) is 25.4 Å². The summed E-state index contributed by atoms with van der Waals surface area (Å²) < 4.78 is 14.8. The Kier molecular flexibility index (Phi) is 5.06. The Morgan fingerprint density at radius 3 is 2.78 bits per heavy atom. The average molecular weight is 429 g/mol. The molecule has 0 spiro atoms. The molecule has 0 bridgehead atoms. The van der Waals surface area contributed by atoms with E-state index in [0.29, 0.717) is 34.9 Å². The number of halogens is 1. The van der Waals surface area contributed by atoms with Gasteiger partial charge in [0.15, 0.2) is 11.5 Å². The number of hydrogen-bond donors (Lipinski definition) is 2. The van der Waals surface area contributed by atoms with Gasteiger partial charge in [-0.1, -0.05) is 31.2 Å². The van der Waals surface area contributed by atoms with E-state index in [1.807, 2.05) is 37.3 Å². The number of nitrogens with zero attached hydrogens (tertiary/aromatic N) is 5. The molecule has 0 aliphatic carbocycles. The summed E-state index contributed by atoms with van der Waals surface area (Å²) in [5, 5.41) is 3.41. The maximum Gasteiger partial charge on any atom is 0.182 e. The van der Waals surface area contributed by atoms with Crippen molar-refractivity contribution in [1.82, 2.24) is 19.9 Å². The molecule has 3 heterocycles. The number of carbonyl (C=O) groups excluding carboxylic acids is 1.